The molecular formula is C18H20N2O4. The molecule has 0 unspecified atom stereocenters. The van der Waals surface area contributed by atoms with E-state index in [9.17, 15) is 9.59 Å². The first-order valence-corrected chi connectivity index (χ1v) is 7.83. The highest BCUT2D eigenvalue weighted by Crippen LogP contribution is 2.38. The lowest BCUT2D eigenvalue weighted by Crippen LogP contribution is -2.50. The maximum atomic E-state index is 12.2. The van der Waals surface area contributed by atoms with E-state index in [0.29, 0.717) is 17.1 Å². The SMILES string of the molecule is CCc1ccc(C(=O)Nc2ccc3c(c2)OC(C)(C)C(=O)N3C)o1. The van der Waals surface area contributed by atoms with Gasteiger partial charge in [-0.3, -0.25) is 9.59 Å². The van der Waals surface area contributed by atoms with Gasteiger partial charge in [-0.1, -0.05) is 6.92 Å². The normalized spacial score (nSPS) is 15.7. The molecule has 1 N–H and O–H groups in total. The number of hydrogen-bond acceptors (Lipinski definition) is 4. The van der Waals surface area contributed by atoms with Gasteiger partial charge < -0.3 is 19.4 Å². The molecule has 2 heterocycles. The summed E-state index contributed by atoms with van der Waals surface area (Å²) in [7, 11) is 1.71. The first kappa shape index (κ1) is 16.1. The molecule has 0 aliphatic carbocycles. The van der Waals surface area contributed by atoms with Crippen LogP contribution in [0.5, 0.6) is 5.75 Å². The molecule has 2 amide bonds. The van der Waals surface area contributed by atoms with Crippen LogP contribution >= 0.6 is 0 Å². The summed E-state index contributed by atoms with van der Waals surface area (Å²) in [5.41, 5.74) is 0.303. The van der Waals surface area contributed by atoms with Crippen molar-refractivity contribution in [3.8, 4) is 5.75 Å². The Morgan fingerprint density at radius 3 is 2.67 bits per heavy atom. The topological polar surface area (TPSA) is 71.8 Å². The molecule has 0 radical (unpaired) electrons. The van der Waals surface area contributed by atoms with Crippen LogP contribution in [0.15, 0.2) is 34.7 Å². The smallest absolute Gasteiger partial charge is 0.291 e. The van der Waals surface area contributed by atoms with Gasteiger partial charge >= 0.3 is 0 Å². The Bertz CT molecular complexity index is 807. The number of amides is 2. The van der Waals surface area contributed by atoms with E-state index in [1.807, 2.05) is 6.92 Å². The maximum absolute atomic E-state index is 12.2. The molecule has 1 aromatic heterocycles. The van der Waals surface area contributed by atoms with Crippen molar-refractivity contribution in [2.75, 3.05) is 17.3 Å². The van der Waals surface area contributed by atoms with Crippen molar-refractivity contribution in [1.29, 1.82) is 0 Å². The zero-order chi connectivity index (χ0) is 17.5. The van der Waals surface area contributed by atoms with E-state index in [1.165, 1.54) is 0 Å². The highest BCUT2D eigenvalue weighted by Gasteiger charge is 2.39. The lowest BCUT2D eigenvalue weighted by atomic mass is 10.0. The minimum atomic E-state index is -0.943. The summed E-state index contributed by atoms with van der Waals surface area (Å²) in [5, 5.41) is 2.78. The molecule has 2 aromatic rings. The number of hydrogen-bond donors (Lipinski definition) is 1. The van der Waals surface area contributed by atoms with Crippen molar-refractivity contribution < 1.29 is 18.7 Å². The van der Waals surface area contributed by atoms with Crippen LogP contribution in [-0.2, 0) is 11.2 Å². The van der Waals surface area contributed by atoms with Gasteiger partial charge in [0.05, 0.1) is 5.69 Å². The zero-order valence-electron chi connectivity index (χ0n) is 14.2. The highest BCUT2D eigenvalue weighted by molar-refractivity contribution is 6.04. The van der Waals surface area contributed by atoms with E-state index < -0.39 is 5.60 Å². The minimum Gasteiger partial charge on any atom is -0.476 e. The molecule has 3 rings (SSSR count). The fourth-order valence-corrected chi connectivity index (χ4v) is 2.67. The van der Waals surface area contributed by atoms with Gasteiger partial charge in [0.25, 0.3) is 11.8 Å². The number of benzene rings is 1. The zero-order valence-corrected chi connectivity index (χ0v) is 14.2. The lowest BCUT2D eigenvalue weighted by Gasteiger charge is -2.37. The number of furan rings is 1. The van der Waals surface area contributed by atoms with Crippen molar-refractivity contribution in [1.82, 2.24) is 0 Å². The average molecular weight is 328 g/mol. The molecule has 0 spiro atoms. The molecular weight excluding hydrogens is 308 g/mol. The first-order valence-electron chi connectivity index (χ1n) is 7.83. The van der Waals surface area contributed by atoms with Gasteiger partial charge in [-0.2, -0.15) is 0 Å². The number of carbonyl (C=O) groups is 2. The van der Waals surface area contributed by atoms with Crippen LogP contribution in [0.3, 0.4) is 0 Å². The van der Waals surface area contributed by atoms with E-state index in [4.69, 9.17) is 9.15 Å². The quantitative estimate of drug-likeness (QED) is 0.939. The van der Waals surface area contributed by atoms with Crippen molar-refractivity contribution >= 4 is 23.2 Å². The molecule has 6 heteroatoms. The van der Waals surface area contributed by atoms with Gasteiger partial charge in [0, 0.05) is 25.2 Å². The predicted molar refractivity (Wildman–Crippen MR) is 90.6 cm³/mol. The molecule has 1 aromatic carbocycles. The van der Waals surface area contributed by atoms with Crippen LogP contribution in [0, 0.1) is 0 Å². The molecule has 24 heavy (non-hydrogen) atoms. The van der Waals surface area contributed by atoms with Gasteiger partial charge in [0.1, 0.15) is 11.5 Å². The number of likely N-dealkylation sites (N-methyl/N-ethyl adjacent to an activating group) is 1. The van der Waals surface area contributed by atoms with Crippen molar-refractivity contribution in [3.05, 3.63) is 41.9 Å². The summed E-state index contributed by atoms with van der Waals surface area (Å²) in [6, 6.07) is 8.62. The Balaban J connectivity index is 1.84. The van der Waals surface area contributed by atoms with E-state index in [0.717, 1.165) is 12.2 Å². The molecule has 0 fully saturated rings. The first-order chi connectivity index (χ1) is 11.3. The molecule has 0 bridgehead atoms. The van der Waals surface area contributed by atoms with Crippen molar-refractivity contribution in [2.45, 2.75) is 32.8 Å². The van der Waals surface area contributed by atoms with E-state index >= 15 is 0 Å². The fraction of sp³-hybridized carbons (Fsp3) is 0.333. The minimum absolute atomic E-state index is 0.116. The summed E-state index contributed by atoms with van der Waals surface area (Å²) < 4.78 is 11.2. The highest BCUT2D eigenvalue weighted by atomic mass is 16.5. The van der Waals surface area contributed by atoms with Crippen LogP contribution in [0.25, 0.3) is 0 Å². The average Bonchev–Trinajstić information content (AvgIpc) is 3.01. The Morgan fingerprint density at radius 2 is 2.00 bits per heavy atom. The van der Waals surface area contributed by atoms with Crippen molar-refractivity contribution in [3.63, 3.8) is 0 Å². The number of carbonyl (C=O) groups excluding carboxylic acids is 2. The third-order valence-corrected chi connectivity index (χ3v) is 4.00. The summed E-state index contributed by atoms with van der Waals surface area (Å²) in [5.74, 6) is 1.13. The molecule has 1 aliphatic heterocycles. The summed E-state index contributed by atoms with van der Waals surface area (Å²) in [6.07, 6.45) is 0.732. The maximum Gasteiger partial charge on any atom is 0.291 e. The number of anilines is 2. The number of rotatable bonds is 3. The Kier molecular flexibility index (Phi) is 3.83. The molecule has 1 aliphatic rings. The van der Waals surface area contributed by atoms with Crippen LogP contribution in [-0.4, -0.2) is 24.5 Å². The van der Waals surface area contributed by atoms with Crippen LogP contribution in [0.1, 0.15) is 37.1 Å². The lowest BCUT2D eigenvalue weighted by molar-refractivity contribution is -0.132. The second-order valence-corrected chi connectivity index (χ2v) is 6.23. The Labute approximate surface area is 140 Å². The van der Waals surface area contributed by atoms with E-state index in [2.05, 4.69) is 5.32 Å². The number of fused-ring (bicyclic) bond motifs is 1. The Morgan fingerprint density at radius 1 is 1.25 bits per heavy atom. The van der Waals surface area contributed by atoms with Gasteiger partial charge in [0.2, 0.25) is 0 Å². The Hall–Kier alpha value is -2.76. The van der Waals surface area contributed by atoms with Gasteiger partial charge in [-0.25, -0.2) is 0 Å². The predicted octanol–water partition coefficient (Wildman–Crippen LogP) is 3.23. The second-order valence-electron chi connectivity index (χ2n) is 6.23. The van der Waals surface area contributed by atoms with Crippen molar-refractivity contribution in [2.24, 2.45) is 0 Å². The number of nitrogens with one attached hydrogen (secondary N) is 1. The molecule has 0 saturated carbocycles. The third kappa shape index (κ3) is 2.75. The van der Waals surface area contributed by atoms with Gasteiger partial charge in [0.15, 0.2) is 11.4 Å². The standard InChI is InChI=1S/C18H20N2O4/c1-5-12-7-9-14(23-12)16(21)19-11-6-8-13-15(10-11)24-18(2,3)17(22)20(13)4/h6-10H,5H2,1-4H3,(H,19,21). The van der Waals surface area contributed by atoms with Crippen LogP contribution in [0.2, 0.25) is 0 Å². The second kappa shape index (κ2) is 5.70. The van der Waals surface area contributed by atoms with E-state index in [-0.39, 0.29) is 17.6 Å². The molecule has 126 valence electrons. The number of nitrogens with zero attached hydrogens (tertiary/aromatic N) is 1. The third-order valence-electron chi connectivity index (χ3n) is 4.00. The fourth-order valence-electron chi connectivity index (χ4n) is 2.67. The number of ether oxygens (including phenoxy) is 1. The molecule has 0 saturated heterocycles. The van der Waals surface area contributed by atoms with E-state index in [1.54, 1.807) is 56.1 Å². The largest absolute Gasteiger partial charge is 0.476 e. The molecule has 6 nitrogen and oxygen atoms in total. The summed E-state index contributed by atoms with van der Waals surface area (Å²) in [4.78, 5) is 26.0. The number of aryl methyl sites for hydroxylation is 1. The molecule has 0 atom stereocenters. The summed E-state index contributed by atoms with van der Waals surface area (Å²) in [6.45, 7) is 5.39. The van der Waals surface area contributed by atoms with Gasteiger partial charge in [-0.15, -0.1) is 0 Å². The van der Waals surface area contributed by atoms with Crippen LogP contribution < -0.4 is 15.0 Å². The summed E-state index contributed by atoms with van der Waals surface area (Å²) >= 11 is 0. The monoisotopic (exact) mass is 328 g/mol. The van der Waals surface area contributed by atoms with Crippen LogP contribution in [0.4, 0.5) is 11.4 Å². The van der Waals surface area contributed by atoms with Gasteiger partial charge in [-0.05, 0) is 38.1 Å².